The maximum absolute atomic E-state index is 5.24. The molecule has 2 unspecified atom stereocenters. The van der Waals surface area contributed by atoms with Gasteiger partial charge in [0.2, 0.25) is 0 Å². The van der Waals surface area contributed by atoms with Crippen LogP contribution in [0, 0.1) is 13.8 Å². The van der Waals surface area contributed by atoms with Crippen molar-refractivity contribution in [3.05, 3.63) is 65.9 Å². The quantitative estimate of drug-likeness (QED) is 0.664. The molecule has 0 saturated carbocycles. The van der Waals surface area contributed by atoms with Crippen LogP contribution in [-0.2, 0) is 12.8 Å². The molecule has 36 heavy (non-hydrogen) atoms. The van der Waals surface area contributed by atoms with E-state index in [1.54, 1.807) is 0 Å². The lowest BCUT2D eigenvalue weighted by Crippen LogP contribution is -2.17. The van der Waals surface area contributed by atoms with E-state index in [0.29, 0.717) is 0 Å². The number of fused-ring (bicyclic) bond motifs is 6. The van der Waals surface area contributed by atoms with E-state index in [2.05, 4.69) is 89.7 Å². The summed E-state index contributed by atoms with van der Waals surface area (Å²) in [5.41, 5.74) is 13.0. The summed E-state index contributed by atoms with van der Waals surface area (Å²) in [5.74, 6) is 0. The van der Waals surface area contributed by atoms with Gasteiger partial charge in [0, 0.05) is 21.4 Å². The van der Waals surface area contributed by atoms with Gasteiger partial charge in [-0.05, 0) is 122 Å². The molecule has 2 atom stereocenters. The molecule has 5 rings (SSSR count). The summed E-state index contributed by atoms with van der Waals surface area (Å²) >= 11 is 0. The SMILES string of the molecule is CCC1=C(C)C2=NC1/C=c1\[nH]c(c(CC)c1C)=CC1=NC(/C=c3\[nH]c(c(CC)c3C)=C2)C(CC)=C1C. The maximum Gasteiger partial charge on any atom is 0.0926 e. The smallest absolute Gasteiger partial charge is 0.0926 e. The minimum atomic E-state index is 0.0674. The van der Waals surface area contributed by atoms with Crippen LogP contribution in [0.2, 0.25) is 0 Å². The van der Waals surface area contributed by atoms with Crippen molar-refractivity contribution in [2.24, 2.45) is 9.98 Å². The molecule has 0 amide bonds. The lowest BCUT2D eigenvalue weighted by molar-refractivity contribution is 0.927. The van der Waals surface area contributed by atoms with Gasteiger partial charge in [-0.25, -0.2) is 0 Å². The van der Waals surface area contributed by atoms with Gasteiger partial charge >= 0.3 is 0 Å². The topological polar surface area (TPSA) is 56.3 Å². The van der Waals surface area contributed by atoms with Crippen LogP contribution in [0.25, 0.3) is 24.3 Å². The lowest BCUT2D eigenvalue weighted by Gasteiger charge is -2.06. The van der Waals surface area contributed by atoms with Crippen molar-refractivity contribution in [1.82, 2.24) is 9.97 Å². The second-order valence-corrected chi connectivity index (χ2v) is 10.4. The summed E-state index contributed by atoms with van der Waals surface area (Å²) in [6.45, 7) is 17.9. The van der Waals surface area contributed by atoms with Crippen molar-refractivity contribution < 1.29 is 0 Å². The Balaban J connectivity index is 1.88. The van der Waals surface area contributed by atoms with Crippen molar-refractivity contribution in [2.45, 2.75) is 93.2 Å². The molecule has 0 aliphatic carbocycles. The minimum absolute atomic E-state index is 0.0674. The molecule has 0 fully saturated rings. The summed E-state index contributed by atoms with van der Waals surface area (Å²) in [4.78, 5) is 18.0. The highest BCUT2D eigenvalue weighted by Crippen LogP contribution is 2.28. The molecule has 4 heteroatoms. The highest BCUT2D eigenvalue weighted by atomic mass is 14.9. The molecule has 3 aliphatic rings. The van der Waals surface area contributed by atoms with E-state index in [-0.39, 0.29) is 12.1 Å². The summed E-state index contributed by atoms with van der Waals surface area (Å²) in [6.07, 6.45) is 13.2. The van der Waals surface area contributed by atoms with E-state index >= 15 is 0 Å². The van der Waals surface area contributed by atoms with Crippen molar-refractivity contribution >= 4 is 35.7 Å². The second kappa shape index (κ2) is 9.38. The summed E-state index contributed by atoms with van der Waals surface area (Å²) in [5, 5.41) is 4.74. The molecule has 0 aromatic carbocycles. The van der Waals surface area contributed by atoms with E-state index in [1.165, 1.54) is 65.9 Å². The number of aliphatic imine (C=N–C) groups is 2. The highest BCUT2D eigenvalue weighted by Gasteiger charge is 2.24. The van der Waals surface area contributed by atoms with Gasteiger partial charge < -0.3 is 9.97 Å². The van der Waals surface area contributed by atoms with Crippen molar-refractivity contribution in [2.75, 3.05) is 0 Å². The number of nitrogens with one attached hydrogen (secondary N) is 2. The predicted molar refractivity (Wildman–Crippen MR) is 155 cm³/mol. The number of allylic oxidation sites excluding steroid dienone is 2. The molecule has 0 saturated heterocycles. The number of hydrogen-bond donors (Lipinski definition) is 2. The first-order valence-corrected chi connectivity index (χ1v) is 13.7. The van der Waals surface area contributed by atoms with Crippen LogP contribution < -0.4 is 21.4 Å². The Kier molecular flexibility index (Phi) is 6.40. The van der Waals surface area contributed by atoms with E-state index in [9.17, 15) is 0 Å². The first kappa shape index (κ1) is 24.5. The molecule has 4 nitrogen and oxygen atoms in total. The minimum Gasteiger partial charge on any atom is -0.355 e. The zero-order chi connectivity index (χ0) is 25.7. The number of aromatic amines is 2. The number of nitrogens with zero attached hydrogens (tertiary/aromatic N) is 2. The van der Waals surface area contributed by atoms with Crippen molar-refractivity contribution in [1.29, 1.82) is 0 Å². The molecule has 5 heterocycles. The normalized spacial score (nSPS) is 23.0. The zero-order valence-electron chi connectivity index (χ0n) is 23.2. The Morgan fingerprint density at radius 1 is 0.583 bits per heavy atom. The summed E-state index contributed by atoms with van der Waals surface area (Å²) in [6, 6.07) is 0.135. The fourth-order valence-corrected chi connectivity index (χ4v) is 6.38. The van der Waals surface area contributed by atoms with Crippen LogP contribution in [-0.4, -0.2) is 33.5 Å². The second-order valence-electron chi connectivity index (χ2n) is 10.4. The molecule has 188 valence electrons. The lowest BCUT2D eigenvalue weighted by atomic mass is 9.98. The predicted octanol–water partition coefficient (Wildman–Crippen LogP) is 4.02. The highest BCUT2D eigenvalue weighted by molar-refractivity contribution is 6.23. The van der Waals surface area contributed by atoms with Crippen LogP contribution in [0.4, 0.5) is 0 Å². The van der Waals surface area contributed by atoms with E-state index in [1.807, 2.05) is 0 Å². The molecule has 2 aromatic heterocycles. The van der Waals surface area contributed by atoms with Crippen molar-refractivity contribution in [3.63, 3.8) is 0 Å². The Morgan fingerprint density at radius 3 is 1.31 bits per heavy atom. The standard InChI is InChI=1S/C32H40N4/c1-9-21-17(5)25-14-30-23(11-3)19(7)27(35-30)16-32-24(12-4)20(8)28(36-32)15-31-22(10-2)18(6)26(34-31)13-29(21)33-25/h13-16,29,32,34-35H,9-12H2,1-8H3/b26-13-,27-16-,30-14?,31-15?. The Bertz CT molecular complexity index is 1490. The van der Waals surface area contributed by atoms with Gasteiger partial charge in [0.05, 0.1) is 23.5 Å². The fourth-order valence-electron chi connectivity index (χ4n) is 6.38. The third-order valence-corrected chi connectivity index (χ3v) is 8.58. The largest absolute Gasteiger partial charge is 0.355 e. The van der Waals surface area contributed by atoms with Gasteiger partial charge in [0.25, 0.3) is 0 Å². The maximum atomic E-state index is 5.24. The average Bonchev–Trinajstić information content (AvgIpc) is 3.51. The first-order valence-electron chi connectivity index (χ1n) is 13.7. The van der Waals surface area contributed by atoms with Gasteiger partial charge in [0.15, 0.2) is 0 Å². The summed E-state index contributed by atoms with van der Waals surface area (Å²) in [7, 11) is 0. The molecular weight excluding hydrogens is 440 g/mol. The molecule has 2 aromatic rings. The molecule has 0 radical (unpaired) electrons. The molecule has 0 spiro atoms. The Morgan fingerprint density at radius 2 is 0.972 bits per heavy atom. The Hall–Kier alpha value is -3.14. The van der Waals surface area contributed by atoms with E-state index < -0.39 is 0 Å². The molecular formula is C32H40N4. The Labute approximate surface area is 214 Å². The molecule has 2 N–H and O–H groups in total. The van der Waals surface area contributed by atoms with Gasteiger partial charge in [0.1, 0.15) is 0 Å². The number of hydrogen-bond acceptors (Lipinski definition) is 2. The van der Waals surface area contributed by atoms with Crippen LogP contribution in [0.3, 0.4) is 0 Å². The fraction of sp³-hybridized carbons (Fsp3) is 0.438. The van der Waals surface area contributed by atoms with Gasteiger partial charge in [-0.3, -0.25) is 9.98 Å². The molecule has 3 aliphatic heterocycles. The monoisotopic (exact) mass is 480 g/mol. The first-order chi connectivity index (χ1) is 17.3. The number of rotatable bonds is 4. The average molecular weight is 481 g/mol. The van der Waals surface area contributed by atoms with E-state index in [4.69, 9.17) is 9.98 Å². The summed E-state index contributed by atoms with van der Waals surface area (Å²) < 4.78 is 0. The zero-order valence-corrected chi connectivity index (χ0v) is 23.2. The third kappa shape index (κ3) is 3.82. The van der Waals surface area contributed by atoms with Crippen molar-refractivity contribution in [3.8, 4) is 0 Å². The van der Waals surface area contributed by atoms with Gasteiger partial charge in [-0.15, -0.1) is 0 Å². The van der Waals surface area contributed by atoms with Crippen LogP contribution >= 0.6 is 0 Å². The number of H-pyrrole nitrogens is 2. The van der Waals surface area contributed by atoms with Crippen LogP contribution in [0.15, 0.2) is 32.3 Å². The van der Waals surface area contributed by atoms with Crippen LogP contribution in [0.5, 0.6) is 0 Å². The molecule has 8 bridgehead atoms. The van der Waals surface area contributed by atoms with E-state index in [0.717, 1.165) is 37.1 Å². The number of aromatic nitrogens is 2. The van der Waals surface area contributed by atoms with Crippen LogP contribution in [0.1, 0.15) is 76.6 Å². The van der Waals surface area contributed by atoms with Gasteiger partial charge in [-0.1, -0.05) is 27.7 Å². The third-order valence-electron chi connectivity index (χ3n) is 8.58. The van der Waals surface area contributed by atoms with Gasteiger partial charge in [-0.2, -0.15) is 0 Å².